The highest BCUT2D eigenvalue weighted by Gasteiger charge is 2.24. The topological polar surface area (TPSA) is 59.8 Å². The highest BCUT2D eigenvalue weighted by atomic mass is 16.1. The van der Waals surface area contributed by atoms with E-state index >= 15 is 0 Å². The summed E-state index contributed by atoms with van der Waals surface area (Å²) in [5.41, 5.74) is 4.32. The molecule has 1 aromatic carbocycles. The normalized spacial score (nSPS) is 14.2. The van der Waals surface area contributed by atoms with Crippen LogP contribution in [0, 0.1) is 6.92 Å². The first-order valence-corrected chi connectivity index (χ1v) is 7.42. The average Bonchev–Trinajstić information content (AvgIpc) is 3.24. The van der Waals surface area contributed by atoms with Crippen molar-refractivity contribution in [2.24, 2.45) is 0 Å². The molecule has 4 rings (SSSR count). The van der Waals surface area contributed by atoms with E-state index in [1.807, 2.05) is 41.8 Å². The lowest BCUT2D eigenvalue weighted by molar-refractivity contribution is 0.0951. The number of nitrogens with zero attached hydrogens (tertiary/aromatic N) is 3. The number of rotatable bonds is 3. The second-order valence-corrected chi connectivity index (χ2v) is 5.71. The fourth-order valence-electron chi connectivity index (χ4n) is 2.53. The van der Waals surface area contributed by atoms with Crippen LogP contribution in [0.5, 0.6) is 0 Å². The Balaban J connectivity index is 1.78. The second-order valence-electron chi connectivity index (χ2n) is 5.71. The fourth-order valence-corrected chi connectivity index (χ4v) is 2.53. The van der Waals surface area contributed by atoms with E-state index < -0.39 is 0 Å². The van der Waals surface area contributed by atoms with Crippen LogP contribution in [-0.4, -0.2) is 26.5 Å². The van der Waals surface area contributed by atoms with Crippen LogP contribution in [0.25, 0.3) is 16.9 Å². The first-order chi connectivity index (χ1) is 10.7. The van der Waals surface area contributed by atoms with Crippen molar-refractivity contribution in [1.29, 1.82) is 0 Å². The summed E-state index contributed by atoms with van der Waals surface area (Å²) in [5, 5.41) is 3.02. The molecule has 1 aliphatic rings. The van der Waals surface area contributed by atoms with Crippen molar-refractivity contribution in [3.05, 3.63) is 54.0 Å². The number of carbonyl (C=O) groups is 1. The minimum absolute atomic E-state index is 0.0128. The van der Waals surface area contributed by atoms with Gasteiger partial charge in [0.15, 0.2) is 5.65 Å². The Bertz CT molecular complexity index is 864. The van der Waals surface area contributed by atoms with Gasteiger partial charge in [-0.2, -0.15) is 0 Å². The van der Waals surface area contributed by atoms with Crippen molar-refractivity contribution in [1.82, 2.24) is 19.9 Å². The Labute approximate surface area is 128 Å². The molecule has 0 bridgehead atoms. The van der Waals surface area contributed by atoms with Gasteiger partial charge in [0.1, 0.15) is 11.8 Å². The summed E-state index contributed by atoms with van der Waals surface area (Å²) >= 11 is 0. The highest BCUT2D eigenvalue weighted by molar-refractivity contribution is 5.95. The Morgan fingerprint density at radius 1 is 1.27 bits per heavy atom. The van der Waals surface area contributed by atoms with Gasteiger partial charge in [0, 0.05) is 17.8 Å². The van der Waals surface area contributed by atoms with Gasteiger partial charge < -0.3 is 5.32 Å². The number of pyridine rings is 1. The number of aromatic nitrogens is 3. The SMILES string of the molecule is Cc1ccc(C(=O)NC2CC2)cc1-n1cnc2cccnc21. The number of hydrogen-bond donors (Lipinski definition) is 1. The average molecular weight is 292 g/mol. The standard InChI is InChI=1S/C17H16N4O/c1-11-4-5-12(17(22)20-13-6-7-13)9-15(11)21-10-19-14-3-2-8-18-16(14)21/h2-5,8-10,13H,6-7H2,1H3,(H,20,22). The summed E-state index contributed by atoms with van der Waals surface area (Å²) in [7, 11) is 0. The third kappa shape index (κ3) is 2.24. The molecule has 0 radical (unpaired) electrons. The maximum Gasteiger partial charge on any atom is 0.251 e. The number of hydrogen-bond acceptors (Lipinski definition) is 3. The summed E-state index contributed by atoms with van der Waals surface area (Å²) in [5.74, 6) is -0.0128. The lowest BCUT2D eigenvalue weighted by Crippen LogP contribution is -2.25. The molecule has 0 spiro atoms. The number of fused-ring (bicyclic) bond motifs is 1. The molecule has 1 amide bonds. The van der Waals surface area contributed by atoms with E-state index in [4.69, 9.17) is 0 Å². The molecule has 1 N–H and O–H groups in total. The quantitative estimate of drug-likeness (QED) is 0.807. The molecule has 3 aromatic rings. The first-order valence-electron chi connectivity index (χ1n) is 7.42. The molecule has 0 aliphatic heterocycles. The van der Waals surface area contributed by atoms with E-state index in [0.29, 0.717) is 11.6 Å². The molecule has 1 saturated carbocycles. The highest BCUT2D eigenvalue weighted by Crippen LogP contribution is 2.22. The van der Waals surface area contributed by atoms with Crippen LogP contribution in [0.4, 0.5) is 0 Å². The molecule has 0 unspecified atom stereocenters. The number of imidazole rings is 1. The van der Waals surface area contributed by atoms with Crippen LogP contribution >= 0.6 is 0 Å². The second kappa shape index (κ2) is 4.94. The van der Waals surface area contributed by atoms with Crippen molar-refractivity contribution in [3.8, 4) is 5.69 Å². The van der Waals surface area contributed by atoms with Gasteiger partial charge in [0.2, 0.25) is 0 Å². The van der Waals surface area contributed by atoms with Gasteiger partial charge in [0.25, 0.3) is 5.91 Å². The Morgan fingerprint density at radius 3 is 2.95 bits per heavy atom. The molecule has 5 nitrogen and oxygen atoms in total. The first kappa shape index (κ1) is 13.0. The van der Waals surface area contributed by atoms with Crippen LogP contribution in [0.3, 0.4) is 0 Å². The predicted octanol–water partition coefficient (Wildman–Crippen LogP) is 2.62. The number of nitrogens with one attached hydrogen (secondary N) is 1. The van der Waals surface area contributed by atoms with Crippen molar-refractivity contribution in [2.75, 3.05) is 0 Å². The zero-order valence-electron chi connectivity index (χ0n) is 12.3. The molecule has 5 heteroatoms. The zero-order valence-corrected chi connectivity index (χ0v) is 12.3. The monoisotopic (exact) mass is 292 g/mol. The Hall–Kier alpha value is -2.69. The fraction of sp³-hybridized carbons (Fsp3) is 0.235. The van der Waals surface area contributed by atoms with Gasteiger partial charge in [-0.3, -0.25) is 9.36 Å². The Kier molecular flexibility index (Phi) is 2.92. The van der Waals surface area contributed by atoms with Crippen LogP contribution in [0.15, 0.2) is 42.9 Å². The minimum atomic E-state index is -0.0128. The van der Waals surface area contributed by atoms with E-state index in [9.17, 15) is 4.79 Å². The van der Waals surface area contributed by atoms with Crippen molar-refractivity contribution in [2.45, 2.75) is 25.8 Å². The lowest BCUT2D eigenvalue weighted by atomic mass is 10.1. The van der Waals surface area contributed by atoms with E-state index in [1.54, 1.807) is 12.5 Å². The van der Waals surface area contributed by atoms with E-state index in [2.05, 4.69) is 15.3 Å². The predicted molar refractivity (Wildman–Crippen MR) is 84.1 cm³/mol. The zero-order chi connectivity index (χ0) is 15.1. The number of amides is 1. The molecular weight excluding hydrogens is 276 g/mol. The maximum atomic E-state index is 12.2. The van der Waals surface area contributed by atoms with Gasteiger partial charge in [-0.25, -0.2) is 9.97 Å². The van der Waals surface area contributed by atoms with Crippen molar-refractivity contribution < 1.29 is 4.79 Å². The van der Waals surface area contributed by atoms with E-state index in [-0.39, 0.29) is 5.91 Å². The smallest absolute Gasteiger partial charge is 0.251 e. The number of benzene rings is 1. The maximum absolute atomic E-state index is 12.2. The third-order valence-corrected chi connectivity index (χ3v) is 3.95. The van der Waals surface area contributed by atoms with Gasteiger partial charge in [-0.05, 0) is 49.6 Å². The molecule has 0 atom stereocenters. The van der Waals surface area contributed by atoms with Gasteiger partial charge in [-0.1, -0.05) is 6.07 Å². The van der Waals surface area contributed by atoms with Gasteiger partial charge >= 0.3 is 0 Å². The summed E-state index contributed by atoms with van der Waals surface area (Å²) in [4.78, 5) is 21.0. The lowest BCUT2D eigenvalue weighted by Gasteiger charge is -2.10. The van der Waals surface area contributed by atoms with Crippen molar-refractivity contribution in [3.63, 3.8) is 0 Å². The Morgan fingerprint density at radius 2 is 2.14 bits per heavy atom. The summed E-state index contributed by atoms with van der Waals surface area (Å²) < 4.78 is 1.93. The summed E-state index contributed by atoms with van der Waals surface area (Å²) in [6, 6.07) is 9.88. The summed E-state index contributed by atoms with van der Waals surface area (Å²) in [6.07, 6.45) is 5.67. The molecular formula is C17H16N4O. The molecule has 110 valence electrons. The van der Waals surface area contributed by atoms with E-state index in [1.165, 1.54) is 0 Å². The molecule has 22 heavy (non-hydrogen) atoms. The minimum Gasteiger partial charge on any atom is -0.349 e. The van der Waals surface area contributed by atoms with Crippen LogP contribution in [-0.2, 0) is 0 Å². The molecule has 1 aliphatic carbocycles. The van der Waals surface area contributed by atoms with E-state index in [0.717, 1.165) is 35.3 Å². The molecule has 2 heterocycles. The number of aryl methyl sites for hydroxylation is 1. The van der Waals surface area contributed by atoms with Crippen molar-refractivity contribution >= 4 is 17.1 Å². The summed E-state index contributed by atoms with van der Waals surface area (Å²) in [6.45, 7) is 2.02. The third-order valence-electron chi connectivity index (χ3n) is 3.95. The van der Waals surface area contributed by atoms with Crippen LogP contribution in [0.1, 0.15) is 28.8 Å². The van der Waals surface area contributed by atoms with Gasteiger partial charge in [-0.15, -0.1) is 0 Å². The van der Waals surface area contributed by atoms with Gasteiger partial charge in [0.05, 0.1) is 5.69 Å². The van der Waals surface area contributed by atoms with Crippen LogP contribution < -0.4 is 5.32 Å². The molecule has 2 aromatic heterocycles. The van der Waals surface area contributed by atoms with Crippen LogP contribution in [0.2, 0.25) is 0 Å². The number of carbonyl (C=O) groups excluding carboxylic acids is 1. The molecule has 0 saturated heterocycles. The molecule has 1 fully saturated rings. The largest absolute Gasteiger partial charge is 0.349 e.